The van der Waals surface area contributed by atoms with Crippen LogP contribution in [0.25, 0.3) is 0 Å². The number of anilines is 2. The van der Waals surface area contributed by atoms with Crippen molar-refractivity contribution < 1.29 is 13.2 Å². The summed E-state index contributed by atoms with van der Waals surface area (Å²) in [6.07, 6.45) is 1.56. The number of carbonyl (C=O) groups excluding carboxylic acids is 1. The van der Waals surface area contributed by atoms with Gasteiger partial charge < -0.3 is 5.32 Å². The standard InChI is InChI=1S/C18H15N5O3S2/c1-11-21-22-18(27-11)23-28(25,26)13-8-6-12(7-9-13)19-10-15-14-4-2-3-5-16(14)20-17(15)24/h2-10,15H,1H3,(H,20,24)(H,22,23). The normalized spacial score (nSPS) is 16.2. The smallest absolute Gasteiger partial charge is 0.263 e. The number of aliphatic imine (C=N–C) groups is 1. The SMILES string of the molecule is Cc1nnc(NS(=O)(=O)c2ccc(N=CC3C(=O)Nc4ccccc43)cc2)s1. The Hall–Kier alpha value is -3.11. The molecule has 1 amide bonds. The van der Waals surface area contributed by atoms with E-state index >= 15 is 0 Å². The van der Waals surface area contributed by atoms with E-state index in [2.05, 4.69) is 25.2 Å². The Labute approximate surface area is 165 Å². The summed E-state index contributed by atoms with van der Waals surface area (Å²) in [5, 5.41) is 11.2. The lowest BCUT2D eigenvalue weighted by atomic mass is 10.0. The van der Waals surface area contributed by atoms with E-state index in [0.29, 0.717) is 10.7 Å². The molecule has 4 rings (SSSR count). The number of sulfonamides is 1. The van der Waals surface area contributed by atoms with Gasteiger partial charge in [0.2, 0.25) is 11.0 Å². The summed E-state index contributed by atoms with van der Waals surface area (Å²) in [5.41, 5.74) is 2.19. The van der Waals surface area contributed by atoms with Crippen LogP contribution in [0.1, 0.15) is 16.5 Å². The summed E-state index contributed by atoms with van der Waals surface area (Å²) < 4.78 is 27.2. The van der Waals surface area contributed by atoms with Gasteiger partial charge in [-0.2, -0.15) is 0 Å². The minimum atomic E-state index is -3.75. The molecule has 2 N–H and O–H groups in total. The van der Waals surface area contributed by atoms with Crippen LogP contribution in [0.2, 0.25) is 0 Å². The van der Waals surface area contributed by atoms with Crippen molar-refractivity contribution in [2.45, 2.75) is 17.7 Å². The van der Waals surface area contributed by atoms with E-state index < -0.39 is 15.9 Å². The van der Waals surface area contributed by atoms with Crippen LogP contribution in [0.5, 0.6) is 0 Å². The van der Waals surface area contributed by atoms with E-state index in [9.17, 15) is 13.2 Å². The fraction of sp³-hybridized carbons (Fsp3) is 0.111. The highest BCUT2D eigenvalue weighted by Crippen LogP contribution is 2.31. The summed E-state index contributed by atoms with van der Waals surface area (Å²) >= 11 is 1.16. The van der Waals surface area contributed by atoms with Gasteiger partial charge in [0, 0.05) is 11.9 Å². The lowest BCUT2D eigenvalue weighted by molar-refractivity contribution is -0.115. The van der Waals surface area contributed by atoms with E-state index in [1.165, 1.54) is 12.1 Å². The molecule has 2 aromatic carbocycles. The maximum absolute atomic E-state index is 12.4. The van der Waals surface area contributed by atoms with Crippen molar-refractivity contribution in [1.29, 1.82) is 0 Å². The van der Waals surface area contributed by atoms with Crippen LogP contribution in [0.4, 0.5) is 16.5 Å². The average Bonchev–Trinajstić information content (AvgIpc) is 3.21. The van der Waals surface area contributed by atoms with Crippen LogP contribution in [0, 0.1) is 6.92 Å². The number of para-hydroxylation sites is 1. The summed E-state index contributed by atoms with van der Waals surface area (Å²) in [6, 6.07) is 13.5. The van der Waals surface area contributed by atoms with Crippen molar-refractivity contribution in [1.82, 2.24) is 10.2 Å². The van der Waals surface area contributed by atoms with Gasteiger partial charge in [-0.25, -0.2) is 8.42 Å². The molecular formula is C18H15N5O3S2. The van der Waals surface area contributed by atoms with E-state index in [1.807, 2.05) is 24.3 Å². The molecule has 3 aromatic rings. The molecule has 142 valence electrons. The number of hydrogen-bond acceptors (Lipinski definition) is 7. The van der Waals surface area contributed by atoms with Gasteiger partial charge in [0.25, 0.3) is 10.0 Å². The van der Waals surface area contributed by atoms with Gasteiger partial charge in [0.05, 0.1) is 10.6 Å². The maximum Gasteiger partial charge on any atom is 0.263 e. The van der Waals surface area contributed by atoms with E-state index in [1.54, 1.807) is 25.3 Å². The third-order valence-corrected chi connectivity index (χ3v) is 6.34. The first-order chi connectivity index (χ1) is 13.4. The predicted molar refractivity (Wildman–Crippen MR) is 108 cm³/mol. The summed E-state index contributed by atoms with van der Waals surface area (Å²) in [4.78, 5) is 16.5. The van der Waals surface area contributed by atoms with Gasteiger partial charge in [-0.3, -0.25) is 14.5 Å². The number of fused-ring (bicyclic) bond motifs is 1. The Morgan fingerprint density at radius 2 is 1.89 bits per heavy atom. The molecule has 1 unspecified atom stereocenters. The number of amides is 1. The molecule has 1 aromatic heterocycles. The van der Waals surface area contributed by atoms with Crippen molar-refractivity contribution >= 4 is 50.0 Å². The van der Waals surface area contributed by atoms with E-state index in [4.69, 9.17) is 0 Å². The first-order valence-electron chi connectivity index (χ1n) is 8.29. The van der Waals surface area contributed by atoms with E-state index in [0.717, 1.165) is 22.6 Å². The molecule has 1 aliphatic heterocycles. The highest BCUT2D eigenvalue weighted by molar-refractivity contribution is 7.93. The van der Waals surface area contributed by atoms with Gasteiger partial charge in [-0.1, -0.05) is 29.5 Å². The second-order valence-electron chi connectivity index (χ2n) is 6.06. The second-order valence-corrected chi connectivity index (χ2v) is 8.92. The molecule has 1 atom stereocenters. The molecule has 10 heteroatoms. The lowest BCUT2D eigenvalue weighted by Gasteiger charge is -2.05. The Morgan fingerprint density at radius 3 is 2.61 bits per heavy atom. The van der Waals surface area contributed by atoms with Gasteiger partial charge in [0.15, 0.2) is 0 Å². The molecule has 0 radical (unpaired) electrons. The van der Waals surface area contributed by atoms with Crippen LogP contribution in [0.3, 0.4) is 0 Å². The van der Waals surface area contributed by atoms with Crippen LogP contribution in [-0.2, 0) is 14.8 Å². The van der Waals surface area contributed by atoms with Crippen LogP contribution < -0.4 is 10.0 Å². The van der Waals surface area contributed by atoms with Crippen LogP contribution >= 0.6 is 11.3 Å². The number of carbonyl (C=O) groups is 1. The molecule has 1 aliphatic rings. The molecule has 0 fully saturated rings. The maximum atomic E-state index is 12.4. The molecule has 0 spiro atoms. The average molecular weight is 413 g/mol. The van der Waals surface area contributed by atoms with E-state index in [-0.39, 0.29) is 15.9 Å². The molecule has 0 bridgehead atoms. The van der Waals surface area contributed by atoms with Crippen molar-refractivity contribution in [3.63, 3.8) is 0 Å². The Morgan fingerprint density at radius 1 is 1.14 bits per heavy atom. The van der Waals surface area contributed by atoms with Crippen LogP contribution in [-0.4, -0.2) is 30.7 Å². The number of hydrogen-bond donors (Lipinski definition) is 2. The zero-order chi connectivity index (χ0) is 19.7. The predicted octanol–water partition coefficient (Wildman–Crippen LogP) is 3.09. The molecule has 28 heavy (non-hydrogen) atoms. The number of benzene rings is 2. The number of nitrogens with zero attached hydrogens (tertiary/aromatic N) is 3. The lowest BCUT2D eigenvalue weighted by Crippen LogP contribution is -2.13. The zero-order valence-corrected chi connectivity index (χ0v) is 16.3. The molecule has 2 heterocycles. The molecular weight excluding hydrogens is 398 g/mol. The highest BCUT2D eigenvalue weighted by Gasteiger charge is 2.28. The quantitative estimate of drug-likeness (QED) is 0.624. The molecule has 0 saturated heterocycles. The Bertz CT molecular complexity index is 1170. The Kier molecular flexibility index (Phi) is 4.65. The third-order valence-electron chi connectivity index (χ3n) is 4.10. The summed E-state index contributed by atoms with van der Waals surface area (Å²) in [6.45, 7) is 1.74. The largest absolute Gasteiger partial charge is 0.325 e. The first-order valence-corrected chi connectivity index (χ1v) is 10.6. The minimum Gasteiger partial charge on any atom is -0.325 e. The monoisotopic (exact) mass is 413 g/mol. The third kappa shape index (κ3) is 3.64. The second kappa shape index (κ2) is 7.13. The van der Waals surface area contributed by atoms with Gasteiger partial charge in [-0.05, 0) is 42.8 Å². The molecule has 8 nitrogen and oxygen atoms in total. The number of nitrogens with one attached hydrogen (secondary N) is 2. The Balaban J connectivity index is 1.51. The molecule has 0 aliphatic carbocycles. The van der Waals surface area contributed by atoms with Gasteiger partial charge in [-0.15, -0.1) is 10.2 Å². The fourth-order valence-electron chi connectivity index (χ4n) is 2.77. The number of rotatable bonds is 5. The van der Waals surface area contributed by atoms with Crippen molar-refractivity contribution in [2.75, 3.05) is 10.0 Å². The molecule has 0 saturated carbocycles. The van der Waals surface area contributed by atoms with Crippen molar-refractivity contribution in [2.24, 2.45) is 4.99 Å². The summed E-state index contributed by atoms with van der Waals surface area (Å²) in [5.74, 6) is -0.609. The van der Waals surface area contributed by atoms with Gasteiger partial charge >= 0.3 is 0 Å². The number of aryl methyl sites for hydroxylation is 1. The van der Waals surface area contributed by atoms with Crippen molar-refractivity contribution in [3.8, 4) is 0 Å². The van der Waals surface area contributed by atoms with Crippen LogP contribution in [0.15, 0.2) is 58.4 Å². The summed E-state index contributed by atoms with van der Waals surface area (Å²) in [7, 11) is -3.75. The minimum absolute atomic E-state index is 0.0864. The first kappa shape index (κ1) is 18.3. The topological polar surface area (TPSA) is 113 Å². The zero-order valence-electron chi connectivity index (χ0n) is 14.7. The van der Waals surface area contributed by atoms with Crippen molar-refractivity contribution in [3.05, 3.63) is 59.1 Å². The number of aromatic nitrogens is 2. The van der Waals surface area contributed by atoms with Gasteiger partial charge in [0.1, 0.15) is 10.9 Å². The highest BCUT2D eigenvalue weighted by atomic mass is 32.2. The fourth-order valence-corrected chi connectivity index (χ4v) is 4.59.